The van der Waals surface area contributed by atoms with Crippen LogP contribution in [0.2, 0.25) is 0 Å². The first-order valence-corrected chi connectivity index (χ1v) is 14.9. The summed E-state index contributed by atoms with van der Waals surface area (Å²) in [6, 6.07) is 0. The number of hydrogen-bond donors (Lipinski definition) is 0. The highest BCUT2D eigenvalue weighted by Crippen LogP contribution is 2.03. The number of Topliss-reactive ketones (excluding diaryl/α,β-unsaturated/α-hetero) is 3. The van der Waals surface area contributed by atoms with Crippen molar-refractivity contribution in [1.82, 2.24) is 0 Å². The van der Waals surface area contributed by atoms with E-state index in [2.05, 4.69) is 18.2 Å². The zero-order chi connectivity index (χ0) is 33.7. The highest BCUT2D eigenvalue weighted by Gasteiger charge is 2.04. The molecule has 0 fully saturated rings. The third kappa shape index (κ3) is 49.2. The quantitative estimate of drug-likeness (QED) is 0.0580. The second kappa shape index (κ2) is 39.1. The smallest absolute Gasteiger partial charge is 0.309 e. The van der Waals surface area contributed by atoms with E-state index in [1.807, 2.05) is 52.0 Å². The Morgan fingerprint density at radius 1 is 0.605 bits per heavy atom. The van der Waals surface area contributed by atoms with Crippen molar-refractivity contribution in [2.75, 3.05) is 33.5 Å². The molecular formula is C34H59O9+. The summed E-state index contributed by atoms with van der Waals surface area (Å²) < 4.78 is 25.5. The topological polar surface area (TPSA) is 114 Å². The third-order valence-corrected chi connectivity index (χ3v) is 4.49. The second-order valence-electron chi connectivity index (χ2n) is 8.64. The number of ketones is 3. The van der Waals surface area contributed by atoms with E-state index in [-0.39, 0.29) is 42.3 Å². The van der Waals surface area contributed by atoms with Crippen LogP contribution in [0.5, 0.6) is 0 Å². The average molecular weight is 612 g/mol. The van der Waals surface area contributed by atoms with Crippen LogP contribution in [-0.4, -0.2) is 69.4 Å². The van der Waals surface area contributed by atoms with Crippen molar-refractivity contribution in [2.45, 2.75) is 106 Å². The first kappa shape index (κ1) is 47.1. The van der Waals surface area contributed by atoms with Crippen molar-refractivity contribution in [3.05, 3.63) is 56.0 Å². The molecule has 0 aromatic carbocycles. The molecule has 0 aliphatic rings. The minimum absolute atomic E-state index is 0.0890. The second-order valence-corrected chi connectivity index (χ2v) is 8.64. The van der Waals surface area contributed by atoms with E-state index < -0.39 is 0 Å². The Kier molecular flexibility index (Phi) is 42.9. The number of ether oxygens (including phenoxy) is 5. The van der Waals surface area contributed by atoms with Crippen molar-refractivity contribution in [1.29, 1.82) is 0 Å². The summed E-state index contributed by atoms with van der Waals surface area (Å²) in [5.74, 6) is 0.177. The monoisotopic (exact) mass is 611 g/mol. The fourth-order valence-electron chi connectivity index (χ4n) is 2.58. The maximum Gasteiger partial charge on any atom is 0.309 e. The zero-order valence-electron chi connectivity index (χ0n) is 28.1. The Balaban J connectivity index is -0.000000241. The van der Waals surface area contributed by atoms with Gasteiger partial charge in [-0.15, -0.1) is 6.58 Å². The van der Waals surface area contributed by atoms with E-state index in [0.29, 0.717) is 52.1 Å². The number of rotatable bonds is 21. The largest absolute Gasteiger partial charge is 0.469 e. The molecule has 0 aliphatic carbocycles. The molecule has 0 aromatic heterocycles. The molecule has 0 heterocycles. The first-order valence-electron chi connectivity index (χ1n) is 14.9. The van der Waals surface area contributed by atoms with Crippen LogP contribution < -0.4 is 0 Å². The molecule has 43 heavy (non-hydrogen) atoms. The predicted molar refractivity (Wildman–Crippen MR) is 173 cm³/mol. The van der Waals surface area contributed by atoms with Gasteiger partial charge in [0.05, 0.1) is 20.5 Å². The van der Waals surface area contributed by atoms with Gasteiger partial charge in [0.2, 0.25) is 0 Å². The van der Waals surface area contributed by atoms with E-state index >= 15 is 0 Å². The van der Waals surface area contributed by atoms with Crippen LogP contribution in [0.1, 0.15) is 93.4 Å². The summed E-state index contributed by atoms with van der Waals surface area (Å²) in [6.45, 7) is 22.3. The first-order chi connectivity index (χ1) is 20.5. The summed E-state index contributed by atoms with van der Waals surface area (Å²) in [5, 5.41) is 0. The Labute approximate surface area is 261 Å². The lowest BCUT2D eigenvalue weighted by atomic mass is 10.2. The summed E-state index contributed by atoms with van der Waals surface area (Å²) >= 11 is 0. The van der Waals surface area contributed by atoms with Gasteiger partial charge in [0.1, 0.15) is 23.8 Å². The van der Waals surface area contributed by atoms with Gasteiger partial charge in [0.15, 0.2) is 12.6 Å². The lowest BCUT2D eigenvalue weighted by molar-refractivity contribution is -0.139. The number of allylic oxidation sites excluding steroid dienone is 4. The van der Waals surface area contributed by atoms with Crippen LogP contribution in [-0.2, 0) is 42.9 Å². The van der Waals surface area contributed by atoms with Crippen molar-refractivity contribution in [3.8, 4) is 0 Å². The molecule has 0 aromatic rings. The Hall–Kier alpha value is -2.85. The van der Waals surface area contributed by atoms with Gasteiger partial charge in [-0.25, -0.2) is 0 Å². The maximum atomic E-state index is 10.6. The molecule has 248 valence electrons. The van der Waals surface area contributed by atoms with Crippen LogP contribution in [0.4, 0.5) is 0 Å². The van der Waals surface area contributed by atoms with Crippen molar-refractivity contribution < 1.29 is 42.9 Å². The van der Waals surface area contributed by atoms with Gasteiger partial charge < -0.3 is 23.7 Å². The van der Waals surface area contributed by atoms with E-state index in [0.717, 1.165) is 12.8 Å². The van der Waals surface area contributed by atoms with Gasteiger partial charge in [-0.2, -0.15) is 0 Å². The fourth-order valence-corrected chi connectivity index (χ4v) is 2.58. The highest BCUT2D eigenvalue weighted by atomic mass is 16.7. The lowest BCUT2D eigenvalue weighted by Crippen LogP contribution is -2.16. The molecule has 9 heteroatoms. The van der Waals surface area contributed by atoms with E-state index in [9.17, 15) is 19.2 Å². The minimum Gasteiger partial charge on any atom is -0.469 e. The Morgan fingerprint density at radius 2 is 0.953 bits per heavy atom. The molecular weight excluding hydrogens is 552 g/mol. The third-order valence-electron chi connectivity index (χ3n) is 4.49. The highest BCUT2D eigenvalue weighted by molar-refractivity contribution is 5.77. The van der Waals surface area contributed by atoms with Crippen molar-refractivity contribution in [2.24, 2.45) is 0 Å². The van der Waals surface area contributed by atoms with Gasteiger partial charge in [-0.1, -0.05) is 36.5 Å². The van der Waals surface area contributed by atoms with Crippen LogP contribution in [0.25, 0.3) is 0 Å². The van der Waals surface area contributed by atoms with Gasteiger partial charge in [-0.05, 0) is 54.5 Å². The molecule has 9 nitrogen and oxygen atoms in total. The number of esters is 1. The molecule has 0 atom stereocenters. The summed E-state index contributed by atoms with van der Waals surface area (Å²) in [5.41, 5.74) is 0. The summed E-state index contributed by atoms with van der Waals surface area (Å²) in [6.07, 6.45) is 16.3. The summed E-state index contributed by atoms with van der Waals surface area (Å²) in [7, 11) is 1.33. The summed E-state index contributed by atoms with van der Waals surface area (Å²) in [4.78, 5) is 41.8. The standard InChI is InChI=1S/C11H20O3.C8H12O3.C8H16O2.C7H11O/c1-4-13-11(14-5-2)9-7-6-8-10(3)12;1-7(9)5-3-4-6-8(10)11-2;1-4-7-8(9-5-2)10-6-3;1-3-4-5-6-7(2)8/h6-7,11H,4-5,8-9H2,1-3H3;3-4H,5-6H2,1-2H3;4,8H,1,5-7H2,2-3H3;4-5H,1,3,6H2,2H3/q;;;+1/b7-6-;4-3-;;5-4-. The SMILES string of the molecule is C=CCC(OCC)OCC.CCOC(C/C=C\CC(C)=O)OCC.COC(=O)C/C=C\CC(C)=O.[CH2+]C/C=C\CC(C)=O. The molecule has 0 aliphatic heterocycles. The maximum absolute atomic E-state index is 10.6. The van der Waals surface area contributed by atoms with E-state index in [4.69, 9.17) is 18.9 Å². The van der Waals surface area contributed by atoms with Crippen LogP contribution in [0.3, 0.4) is 0 Å². The van der Waals surface area contributed by atoms with E-state index in [1.54, 1.807) is 32.1 Å². The molecule has 0 unspecified atom stereocenters. The predicted octanol–water partition coefficient (Wildman–Crippen LogP) is 7.10. The van der Waals surface area contributed by atoms with Crippen molar-refractivity contribution in [3.63, 3.8) is 0 Å². The molecule has 0 saturated heterocycles. The van der Waals surface area contributed by atoms with Crippen molar-refractivity contribution >= 4 is 23.3 Å². The fraction of sp³-hybridized carbons (Fsp3) is 0.618. The average Bonchev–Trinajstić information content (AvgIpc) is 2.95. The molecule has 0 bridgehead atoms. The number of hydrogen-bond acceptors (Lipinski definition) is 9. The van der Waals surface area contributed by atoms with Gasteiger partial charge in [0, 0.05) is 58.5 Å². The zero-order valence-corrected chi connectivity index (χ0v) is 28.1. The van der Waals surface area contributed by atoms with Crippen LogP contribution >= 0.6 is 0 Å². The van der Waals surface area contributed by atoms with E-state index in [1.165, 1.54) is 14.0 Å². The normalized spacial score (nSPS) is 10.6. The van der Waals surface area contributed by atoms with Crippen LogP contribution in [0, 0.1) is 6.92 Å². The lowest BCUT2D eigenvalue weighted by Gasteiger charge is -2.14. The number of carbonyl (C=O) groups is 4. The van der Waals surface area contributed by atoms with Crippen LogP contribution in [0.15, 0.2) is 49.1 Å². The molecule has 0 amide bonds. The Bertz CT molecular complexity index is 758. The van der Waals surface area contributed by atoms with Gasteiger partial charge in [-0.3, -0.25) is 19.2 Å². The molecule has 0 rings (SSSR count). The van der Waals surface area contributed by atoms with Gasteiger partial charge >= 0.3 is 5.97 Å². The molecule has 0 radical (unpaired) electrons. The van der Waals surface area contributed by atoms with Gasteiger partial charge in [0.25, 0.3) is 0 Å². The number of carbonyl (C=O) groups excluding carboxylic acids is 4. The number of methoxy groups -OCH3 is 1. The molecule has 0 saturated carbocycles. The minimum atomic E-state index is -0.287. The molecule has 0 N–H and O–H groups in total. The Morgan fingerprint density at radius 3 is 1.28 bits per heavy atom. The molecule has 0 spiro atoms.